The molecule has 8 heterocycles. The Bertz CT molecular complexity index is 5090. The quantitative estimate of drug-likeness (QED) is 0.0629. The summed E-state index contributed by atoms with van der Waals surface area (Å²) in [5.74, 6) is 0. The first kappa shape index (κ1) is 110. The molecule has 11 aromatic carbocycles. The number of rotatable bonds is 11. The fourth-order valence-corrected chi connectivity index (χ4v) is 11.2. The largest absolute Gasteiger partial charge is 0.522 e. The maximum Gasteiger partial charge on any atom is 0.522 e. The molecule has 21 heteroatoms. The van der Waals surface area contributed by atoms with E-state index in [1.54, 1.807) is 31.0 Å². The van der Waals surface area contributed by atoms with Crippen molar-refractivity contribution in [2.24, 2.45) is 0 Å². The number of hydrogen-bond acceptors (Lipinski definition) is 12. The van der Waals surface area contributed by atoms with E-state index in [1.165, 1.54) is 16.7 Å². The number of halogens is 3. The van der Waals surface area contributed by atoms with Crippen molar-refractivity contribution in [2.75, 3.05) is 14.2 Å². The summed E-state index contributed by atoms with van der Waals surface area (Å²) in [5.41, 5.74) is 17.6. The molecular weight excluding hydrogens is 2370 g/mol. The zero-order valence-electron chi connectivity index (χ0n) is 70.1. The van der Waals surface area contributed by atoms with Gasteiger partial charge >= 0.3 is 15.6 Å². The third kappa shape index (κ3) is 39.4. The normalized spacial score (nSPS) is 9.59. The van der Waals surface area contributed by atoms with Crippen LogP contribution in [0.2, 0.25) is 0 Å². The van der Waals surface area contributed by atoms with Gasteiger partial charge in [-0.3, -0.25) is 9.54 Å². The second-order valence-electron chi connectivity index (χ2n) is 25.7. The van der Waals surface area contributed by atoms with Crippen molar-refractivity contribution < 1.29 is 117 Å². The van der Waals surface area contributed by atoms with Crippen LogP contribution in [0.5, 0.6) is 0 Å². The first-order chi connectivity index (χ1) is 61.9. The van der Waals surface area contributed by atoms with Crippen molar-refractivity contribution in [1.82, 2.24) is 39.9 Å². The Morgan fingerprint density at radius 2 is 0.382 bits per heavy atom. The van der Waals surface area contributed by atoms with Gasteiger partial charge in [-0.1, -0.05) is 220 Å². The van der Waals surface area contributed by atoms with Gasteiger partial charge in [0.2, 0.25) is 0 Å². The van der Waals surface area contributed by atoms with Crippen LogP contribution in [0.4, 0.5) is 13.2 Å². The van der Waals surface area contributed by atoms with Crippen LogP contribution in [0.1, 0.15) is 7.43 Å². The number of nitrogens with zero attached hydrogens (tertiary/aromatic N) is 8. The van der Waals surface area contributed by atoms with E-state index in [4.69, 9.17) is 23.2 Å². The van der Waals surface area contributed by atoms with E-state index in [0.29, 0.717) is 0 Å². The first-order valence-electron chi connectivity index (χ1n) is 39.3. The van der Waals surface area contributed by atoms with Gasteiger partial charge in [0.1, 0.15) is 0 Å². The molecule has 131 heavy (non-hydrogen) atoms. The molecule has 0 aliphatic rings. The van der Waals surface area contributed by atoms with Crippen LogP contribution in [-0.2, 0) is 90.5 Å². The fraction of sp³-hybridized carbons (Fsp3) is 0.0364. The monoisotopic (exact) mass is 2460 g/mol. The van der Waals surface area contributed by atoms with Gasteiger partial charge in [0.25, 0.3) is 0 Å². The van der Waals surface area contributed by atoms with Crippen molar-refractivity contribution in [3.8, 4) is 123 Å². The minimum Gasteiger partial charge on any atom is -0.400 e. The topological polar surface area (TPSA) is 198 Å². The maximum absolute atomic E-state index is 10.7. The van der Waals surface area contributed by atoms with E-state index >= 15 is 0 Å². The van der Waals surface area contributed by atoms with Crippen molar-refractivity contribution >= 4 is 10.1 Å². The van der Waals surface area contributed by atoms with E-state index in [-0.39, 0.29) is 87.8 Å². The van der Waals surface area contributed by atoms with Gasteiger partial charge in [0.15, 0.2) is 0 Å². The van der Waals surface area contributed by atoms with Gasteiger partial charge in [0.05, 0.1) is 5.69 Å². The average molecular weight is 2460 g/mol. The number of aromatic nitrogens is 8. The number of aliphatic hydroxyl groups excluding tert-OH is 2. The molecular formula is C110H90F3Ir4N8O5S-7. The predicted octanol–water partition coefficient (Wildman–Crippen LogP) is 25.8. The van der Waals surface area contributed by atoms with Crippen LogP contribution < -0.4 is 0 Å². The summed E-state index contributed by atoms with van der Waals surface area (Å²) in [7, 11) is -3.84. The third-order valence-electron chi connectivity index (χ3n) is 17.2. The number of alkyl halides is 3. The van der Waals surface area contributed by atoms with Crippen molar-refractivity contribution in [3.05, 3.63) is 511 Å². The Morgan fingerprint density at radius 3 is 0.534 bits per heavy atom. The molecule has 3 N–H and O–H groups in total. The number of pyridine rings is 8. The molecule has 19 rings (SSSR count). The van der Waals surface area contributed by atoms with Crippen molar-refractivity contribution in [2.45, 2.75) is 12.9 Å². The SMILES string of the molecule is C.CO.CO.O=S(=O)(O)C(F)(F)F.[Ir].[Ir].[Ir].[Ir].[c-]1ccccc1-c1ccc(-c2ccccc2)cn1.[c-]1ccccc1-c1ccc(-c2ccccc2)cn1.[c-]1ccccc1-c1ccccn1.[c-]1ccccc1-c1ccccn1.[c-]1ccccc1-c1ccccn1.[c-]1ccccc1-c1ccccn1.[c-]1ccccc1-c1ccccn1.c1ccc(-c2ccc(-c3ccccc3)nc2)cc1. The average Bonchev–Trinajstić information content (AvgIpc) is 0.842. The summed E-state index contributed by atoms with van der Waals surface area (Å²) < 4.78 is 57.5. The molecule has 0 aliphatic heterocycles. The van der Waals surface area contributed by atoms with Crippen LogP contribution in [0.15, 0.2) is 468 Å². The van der Waals surface area contributed by atoms with Gasteiger partial charge < -0.3 is 45.1 Å². The van der Waals surface area contributed by atoms with Crippen LogP contribution in [0.25, 0.3) is 123 Å². The van der Waals surface area contributed by atoms with Gasteiger partial charge in [-0.2, -0.15) is 21.6 Å². The van der Waals surface area contributed by atoms with Crippen molar-refractivity contribution in [1.29, 1.82) is 0 Å². The zero-order valence-corrected chi connectivity index (χ0v) is 80.5. The molecule has 19 aromatic rings. The summed E-state index contributed by atoms with van der Waals surface area (Å²) in [6.45, 7) is 0. The summed E-state index contributed by atoms with van der Waals surface area (Å²) in [5, 5.41) is 14.0. The predicted molar refractivity (Wildman–Crippen MR) is 506 cm³/mol. The second-order valence-corrected chi connectivity index (χ2v) is 27.1. The molecule has 0 amide bonds. The summed E-state index contributed by atoms with van der Waals surface area (Å²) >= 11 is 0. The van der Waals surface area contributed by atoms with Gasteiger partial charge in [-0.15, -0.1) is 251 Å². The van der Waals surface area contributed by atoms with E-state index in [1.807, 2.05) is 364 Å². The molecule has 0 aliphatic carbocycles. The fourth-order valence-electron chi connectivity index (χ4n) is 11.2. The zero-order chi connectivity index (χ0) is 88.8. The number of aliphatic hydroxyl groups is 2. The number of benzene rings is 11. The van der Waals surface area contributed by atoms with Gasteiger partial charge in [-0.05, 0) is 104 Å². The molecule has 0 spiro atoms. The molecule has 0 fully saturated rings. The molecule has 4 radical (unpaired) electrons. The molecule has 0 atom stereocenters. The van der Waals surface area contributed by atoms with Crippen LogP contribution in [0.3, 0.4) is 0 Å². The Hall–Kier alpha value is -13.2. The van der Waals surface area contributed by atoms with Crippen LogP contribution in [0, 0.1) is 42.5 Å². The van der Waals surface area contributed by atoms with Gasteiger partial charge in [-0.25, -0.2) is 0 Å². The molecule has 0 saturated carbocycles. The van der Waals surface area contributed by atoms with Crippen LogP contribution >= 0.6 is 0 Å². The standard InChI is InChI=1S/C17H13N.2C17H12N.5C11H8N.CHF3O3S.2CH4O.CH4.4Ir/c3*1-3-7-14(8-4-1)16-11-12-17(18-13-16)15-9-5-2-6-10-15;5*1-2-6-10(7-3-1)11-8-4-5-9-12-11;2-1(3,4)8(5,6)7;2*1-2;;;;;/h1-13H;2*1-9,11-13H;5*1-6,8-9H;(H,5,6,7);2*2H,1H3;1H4;;;;/q;7*-1;;;;;;;;. The Morgan fingerprint density at radius 1 is 0.214 bits per heavy atom. The Kier molecular flexibility index (Phi) is 53.6. The summed E-state index contributed by atoms with van der Waals surface area (Å²) in [6.07, 6.45) is 14.7. The van der Waals surface area contributed by atoms with Gasteiger partial charge in [0, 0.05) is 155 Å². The minimum absolute atomic E-state index is 0. The smallest absolute Gasteiger partial charge is 0.400 e. The van der Waals surface area contributed by atoms with E-state index in [2.05, 4.69) is 155 Å². The van der Waals surface area contributed by atoms with E-state index in [0.717, 1.165) is 121 Å². The summed E-state index contributed by atoms with van der Waals surface area (Å²) in [6, 6.07) is 160. The summed E-state index contributed by atoms with van der Waals surface area (Å²) in [4.78, 5) is 34.6. The maximum atomic E-state index is 10.7. The minimum atomic E-state index is -5.84. The Labute approximate surface area is 820 Å². The Balaban J connectivity index is 0.000000308. The molecule has 13 nitrogen and oxygen atoms in total. The molecule has 0 unspecified atom stereocenters. The molecule has 0 bridgehead atoms. The molecule has 670 valence electrons. The van der Waals surface area contributed by atoms with Crippen LogP contribution in [-0.4, -0.2) is 82.8 Å². The van der Waals surface area contributed by atoms with E-state index in [9.17, 15) is 13.2 Å². The van der Waals surface area contributed by atoms with E-state index < -0.39 is 15.6 Å². The molecule has 0 saturated heterocycles. The second kappa shape index (κ2) is 63.7. The first-order valence-corrected chi connectivity index (χ1v) is 40.7. The van der Waals surface area contributed by atoms with Crippen molar-refractivity contribution in [3.63, 3.8) is 0 Å². The molecule has 8 aromatic heterocycles. The third-order valence-corrected chi connectivity index (χ3v) is 17.8. The number of hydrogen-bond donors (Lipinski definition) is 3.